The van der Waals surface area contributed by atoms with E-state index >= 15 is 0 Å². The van der Waals surface area contributed by atoms with Crippen LogP contribution in [0.25, 0.3) is 0 Å². The highest BCUT2D eigenvalue weighted by atomic mass is 15.2. The number of hydrogen-bond acceptors (Lipinski definition) is 2. The van der Waals surface area contributed by atoms with Gasteiger partial charge in [0, 0.05) is 12.6 Å². The highest BCUT2D eigenvalue weighted by Crippen LogP contribution is 2.26. The van der Waals surface area contributed by atoms with Gasteiger partial charge in [-0.05, 0) is 51.3 Å². The standard InChI is InChI=1S/C18H30N2/c1-15(2)11-13-20-14-18(4,19-12-10-16(20)3)17-8-6-5-7-9-17/h5-9,15-16,19H,10-14H2,1-4H3. The molecule has 0 amide bonds. The van der Waals surface area contributed by atoms with E-state index in [2.05, 4.69) is 68.2 Å². The molecule has 112 valence electrons. The Morgan fingerprint density at radius 1 is 1.30 bits per heavy atom. The van der Waals surface area contributed by atoms with Crippen LogP contribution in [0, 0.1) is 5.92 Å². The van der Waals surface area contributed by atoms with Gasteiger partial charge in [0.05, 0.1) is 5.54 Å². The van der Waals surface area contributed by atoms with E-state index in [4.69, 9.17) is 0 Å². The molecule has 1 aliphatic rings. The first kappa shape index (κ1) is 15.5. The van der Waals surface area contributed by atoms with Crippen LogP contribution in [0.1, 0.15) is 46.1 Å². The number of nitrogens with zero attached hydrogens (tertiary/aromatic N) is 1. The monoisotopic (exact) mass is 274 g/mol. The zero-order chi connectivity index (χ0) is 14.6. The molecular formula is C18H30N2. The second-order valence-electron chi connectivity index (χ2n) is 6.92. The zero-order valence-corrected chi connectivity index (χ0v) is 13.5. The quantitative estimate of drug-likeness (QED) is 0.902. The van der Waals surface area contributed by atoms with Crippen LogP contribution in [0.4, 0.5) is 0 Å². The predicted octanol–water partition coefficient (Wildman–Crippen LogP) is 3.63. The molecule has 2 rings (SSSR count). The van der Waals surface area contributed by atoms with Gasteiger partial charge in [0.15, 0.2) is 0 Å². The number of hydrogen-bond donors (Lipinski definition) is 1. The zero-order valence-electron chi connectivity index (χ0n) is 13.5. The van der Waals surface area contributed by atoms with Gasteiger partial charge in [-0.25, -0.2) is 0 Å². The van der Waals surface area contributed by atoms with Crippen molar-refractivity contribution in [2.45, 2.75) is 52.1 Å². The minimum Gasteiger partial charge on any atom is -0.306 e. The molecular weight excluding hydrogens is 244 g/mol. The van der Waals surface area contributed by atoms with Crippen molar-refractivity contribution in [3.63, 3.8) is 0 Å². The molecule has 0 spiro atoms. The molecule has 1 N–H and O–H groups in total. The molecule has 1 aromatic carbocycles. The summed E-state index contributed by atoms with van der Waals surface area (Å²) >= 11 is 0. The van der Waals surface area contributed by atoms with Crippen LogP contribution in [0.2, 0.25) is 0 Å². The molecule has 0 saturated carbocycles. The van der Waals surface area contributed by atoms with Crippen molar-refractivity contribution in [3.05, 3.63) is 35.9 Å². The van der Waals surface area contributed by atoms with Crippen LogP contribution in [0.5, 0.6) is 0 Å². The Morgan fingerprint density at radius 2 is 2.00 bits per heavy atom. The lowest BCUT2D eigenvalue weighted by Crippen LogP contribution is -2.47. The highest BCUT2D eigenvalue weighted by Gasteiger charge is 2.32. The molecule has 1 fully saturated rings. The summed E-state index contributed by atoms with van der Waals surface area (Å²) in [4.78, 5) is 2.67. The Balaban J connectivity index is 2.14. The van der Waals surface area contributed by atoms with E-state index in [1.54, 1.807) is 0 Å². The number of rotatable bonds is 4. The SMILES string of the molecule is CC(C)CCN1CC(C)(c2ccccc2)NCCC1C. The molecule has 1 heterocycles. The molecule has 1 aliphatic heterocycles. The molecule has 0 aliphatic carbocycles. The average molecular weight is 274 g/mol. The van der Waals surface area contributed by atoms with E-state index in [1.165, 1.54) is 24.9 Å². The van der Waals surface area contributed by atoms with Gasteiger partial charge in [-0.1, -0.05) is 44.2 Å². The molecule has 0 radical (unpaired) electrons. The van der Waals surface area contributed by atoms with Crippen molar-refractivity contribution < 1.29 is 0 Å². The summed E-state index contributed by atoms with van der Waals surface area (Å²) in [5.41, 5.74) is 1.48. The van der Waals surface area contributed by atoms with Crippen molar-refractivity contribution in [2.75, 3.05) is 19.6 Å². The molecule has 20 heavy (non-hydrogen) atoms. The van der Waals surface area contributed by atoms with Gasteiger partial charge in [-0.3, -0.25) is 4.90 Å². The van der Waals surface area contributed by atoms with E-state index < -0.39 is 0 Å². The lowest BCUT2D eigenvalue weighted by atomic mass is 9.91. The minimum atomic E-state index is 0.0724. The maximum absolute atomic E-state index is 3.78. The van der Waals surface area contributed by atoms with E-state index in [-0.39, 0.29) is 5.54 Å². The fourth-order valence-corrected chi connectivity index (χ4v) is 3.08. The first-order chi connectivity index (χ1) is 9.51. The van der Waals surface area contributed by atoms with Crippen molar-refractivity contribution in [2.24, 2.45) is 5.92 Å². The average Bonchev–Trinajstić information content (AvgIpc) is 2.58. The van der Waals surface area contributed by atoms with E-state index in [9.17, 15) is 0 Å². The third-order valence-electron chi connectivity index (χ3n) is 4.62. The van der Waals surface area contributed by atoms with Crippen LogP contribution >= 0.6 is 0 Å². The van der Waals surface area contributed by atoms with Gasteiger partial charge < -0.3 is 5.32 Å². The van der Waals surface area contributed by atoms with E-state index in [0.29, 0.717) is 6.04 Å². The van der Waals surface area contributed by atoms with Crippen molar-refractivity contribution in [3.8, 4) is 0 Å². The highest BCUT2D eigenvalue weighted by molar-refractivity contribution is 5.24. The normalized spacial score (nSPS) is 28.6. The van der Waals surface area contributed by atoms with Gasteiger partial charge >= 0.3 is 0 Å². The van der Waals surface area contributed by atoms with Crippen LogP contribution in [-0.2, 0) is 5.54 Å². The largest absolute Gasteiger partial charge is 0.306 e. The third-order valence-corrected chi connectivity index (χ3v) is 4.62. The lowest BCUT2D eigenvalue weighted by molar-refractivity contribution is 0.166. The topological polar surface area (TPSA) is 15.3 Å². The molecule has 2 unspecified atom stereocenters. The molecule has 2 atom stereocenters. The maximum atomic E-state index is 3.78. The lowest BCUT2D eigenvalue weighted by Gasteiger charge is -2.36. The molecule has 1 aromatic rings. The van der Waals surface area contributed by atoms with Crippen LogP contribution < -0.4 is 5.32 Å². The first-order valence-electron chi connectivity index (χ1n) is 8.06. The van der Waals surface area contributed by atoms with Gasteiger partial charge in [0.2, 0.25) is 0 Å². The molecule has 1 saturated heterocycles. The maximum Gasteiger partial charge on any atom is 0.0535 e. The van der Waals surface area contributed by atoms with Crippen molar-refractivity contribution in [1.29, 1.82) is 0 Å². The number of nitrogens with one attached hydrogen (secondary N) is 1. The Bertz CT molecular complexity index is 401. The summed E-state index contributed by atoms with van der Waals surface area (Å²) in [6, 6.07) is 11.6. The summed E-state index contributed by atoms with van der Waals surface area (Å²) in [5, 5.41) is 3.78. The van der Waals surface area contributed by atoms with Gasteiger partial charge in [-0.15, -0.1) is 0 Å². The van der Waals surface area contributed by atoms with Crippen LogP contribution in [-0.4, -0.2) is 30.6 Å². The fourth-order valence-electron chi connectivity index (χ4n) is 3.08. The summed E-state index contributed by atoms with van der Waals surface area (Å²) in [5.74, 6) is 0.779. The Kier molecular flexibility index (Phi) is 5.22. The van der Waals surface area contributed by atoms with Crippen molar-refractivity contribution in [1.82, 2.24) is 10.2 Å². The van der Waals surface area contributed by atoms with Crippen LogP contribution in [0.3, 0.4) is 0 Å². The van der Waals surface area contributed by atoms with E-state index in [0.717, 1.165) is 19.0 Å². The van der Waals surface area contributed by atoms with Gasteiger partial charge in [0.1, 0.15) is 0 Å². The predicted molar refractivity (Wildman–Crippen MR) is 86.9 cm³/mol. The van der Waals surface area contributed by atoms with Gasteiger partial charge in [-0.2, -0.15) is 0 Å². The Labute approximate surface area is 124 Å². The summed E-state index contributed by atoms with van der Waals surface area (Å²) in [7, 11) is 0. The number of benzene rings is 1. The second-order valence-corrected chi connectivity index (χ2v) is 6.92. The van der Waals surface area contributed by atoms with Crippen molar-refractivity contribution >= 4 is 0 Å². The Hall–Kier alpha value is -0.860. The summed E-state index contributed by atoms with van der Waals surface area (Å²) < 4.78 is 0. The van der Waals surface area contributed by atoms with Gasteiger partial charge in [0.25, 0.3) is 0 Å². The summed E-state index contributed by atoms with van der Waals surface area (Å²) in [6.45, 7) is 12.8. The Morgan fingerprint density at radius 3 is 2.65 bits per heavy atom. The second kappa shape index (κ2) is 6.73. The smallest absolute Gasteiger partial charge is 0.0535 e. The molecule has 0 bridgehead atoms. The minimum absolute atomic E-state index is 0.0724. The fraction of sp³-hybridized carbons (Fsp3) is 0.667. The third kappa shape index (κ3) is 3.83. The molecule has 2 nitrogen and oxygen atoms in total. The van der Waals surface area contributed by atoms with Crippen LogP contribution in [0.15, 0.2) is 30.3 Å². The molecule has 0 aromatic heterocycles. The molecule has 2 heteroatoms. The first-order valence-corrected chi connectivity index (χ1v) is 8.06. The van der Waals surface area contributed by atoms with E-state index in [1.807, 2.05) is 0 Å². The summed E-state index contributed by atoms with van der Waals surface area (Å²) in [6.07, 6.45) is 2.52.